The number of guanidine groups is 1. The minimum atomic E-state index is -0.602. The first kappa shape index (κ1) is 28.0. The van der Waals surface area contributed by atoms with Crippen molar-refractivity contribution in [1.82, 2.24) is 31.9 Å². The van der Waals surface area contributed by atoms with Crippen LogP contribution in [0.4, 0.5) is 0 Å². The quantitative estimate of drug-likeness (QED) is 0.0477. The van der Waals surface area contributed by atoms with Gasteiger partial charge >= 0.3 is 0 Å². The van der Waals surface area contributed by atoms with Gasteiger partial charge < -0.3 is 55.3 Å². The van der Waals surface area contributed by atoms with E-state index in [2.05, 4.69) is 31.9 Å². The molecule has 14 nitrogen and oxygen atoms in total. The average molecular weight is 459 g/mol. The maximum Gasteiger partial charge on any atom is 0.236 e. The van der Waals surface area contributed by atoms with Gasteiger partial charge in [0.25, 0.3) is 0 Å². The Morgan fingerprint density at radius 1 is 0.844 bits per heavy atom. The Morgan fingerprint density at radius 2 is 1.31 bits per heavy atom. The number of carbonyl (C=O) groups excluding carboxylic acids is 2. The number of piperazine rings is 1. The van der Waals surface area contributed by atoms with Crippen LogP contribution in [0.5, 0.6) is 0 Å². The summed E-state index contributed by atoms with van der Waals surface area (Å²) in [6.45, 7) is 3.33. The Labute approximate surface area is 189 Å². The second-order valence-electron chi connectivity index (χ2n) is 8.02. The molecule has 2 amide bonds. The molecule has 0 aromatic rings. The summed E-state index contributed by atoms with van der Waals surface area (Å²) in [6.07, 6.45) is 1.82. The van der Waals surface area contributed by atoms with Crippen molar-refractivity contribution in [2.75, 3.05) is 39.3 Å². The zero-order valence-electron chi connectivity index (χ0n) is 18.7. The molecule has 1 fully saturated rings. The van der Waals surface area contributed by atoms with E-state index in [9.17, 15) is 9.59 Å². The molecule has 0 bridgehead atoms. The zero-order chi connectivity index (χ0) is 23.9. The van der Waals surface area contributed by atoms with Gasteiger partial charge in [0.1, 0.15) is 6.29 Å². The maximum atomic E-state index is 12.1. The van der Waals surface area contributed by atoms with Crippen LogP contribution < -0.4 is 60.6 Å². The molecule has 1 rings (SSSR count). The van der Waals surface area contributed by atoms with Crippen molar-refractivity contribution in [2.24, 2.45) is 28.7 Å². The average Bonchev–Trinajstić information content (AvgIpc) is 2.76. The Kier molecular flexibility index (Phi) is 13.7. The van der Waals surface area contributed by atoms with Gasteiger partial charge in [-0.25, -0.2) is 0 Å². The second kappa shape index (κ2) is 15.7. The summed E-state index contributed by atoms with van der Waals surface area (Å²) in [5.74, 6) is -0.492. The van der Waals surface area contributed by atoms with Gasteiger partial charge in [0.05, 0.1) is 12.1 Å². The first-order valence-corrected chi connectivity index (χ1v) is 11.0. The van der Waals surface area contributed by atoms with Crippen molar-refractivity contribution < 1.29 is 9.59 Å². The van der Waals surface area contributed by atoms with Crippen molar-refractivity contribution >= 4 is 17.8 Å². The molecule has 17 N–H and O–H groups in total. The summed E-state index contributed by atoms with van der Waals surface area (Å²) < 4.78 is 0. The minimum absolute atomic E-state index is 0.0705. The highest BCUT2D eigenvalue weighted by Crippen LogP contribution is 1.97. The lowest BCUT2D eigenvalue weighted by atomic mass is 10.1. The van der Waals surface area contributed by atoms with E-state index in [0.29, 0.717) is 65.0 Å². The molecule has 1 aliphatic heterocycles. The highest BCUT2D eigenvalue weighted by molar-refractivity contribution is 5.81. The topological polar surface area (TPSA) is 260 Å². The zero-order valence-corrected chi connectivity index (χ0v) is 18.7. The van der Waals surface area contributed by atoms with E-state index >= 15 is 0 Å². The number of hydrogen-bond acceptors (Lipinski definition) is 10. The van der Waals surface area contributed by atoms with Gasteiger partial charge in [-0.1, -0.05) is 0 Å². The molecule has 0 unspecified atom stereocenters. The van der Waals surface area contributed by atoms with Crippen LogP contribution in [-0.4, -0.2) is 87.5 Å². The molecule has 1 aliphatic rings. The third-order valence-corrected chi connectivity index (χ3v) is 5.10. The molecular weight excluding hydrogens is 416 g/mol. The van der Waals surface area contributed by atoms with E-state index in [-0.39, 0.29) is 29.9 Å². The third-order valence-electron chi connectivity index (χ3n) is 5.10. The monoisotopic (exact) mass is 458 g/mol. The Balaban J connectivity index is 2.13. The van der Waals surface area contributed by atoms with Crippen LogP contribution in [0.3, 0.4) is 0 Å². The van der Waals surface area contributed by atoms with Gasteiger partial charge in [0.2, 0.25) is 11.8 Å². The lowest BCUT2D eigenvalue weighted by Crippen LogP contribution is -2.61. The molecule has 0 aromatic heterocycles. The van der Waals surface area contributed by atoms with Crippen LogP contribution in [-0.2, 0) is 9.59 Å². The fourth-order valence-electron chi connectivity index (χ4n) is 3.16. The summed E-state index contributed by atoms with van der Waals surface area (Å²) in [5.41, 5.74) is 27.8. The molecule has 0 radical (unpaired) electrons. The Morgan fingerprint density at radius 3 is 1.72 bits per heavy atom. The van der Waals surface area contributed by atoms with Crippen LogP contribution in [0.1, 0.15) is 25.7 Å². The molecule has 186 valence electrons. The largest absolute Gasteiger partial charge is 0.370 e. The lowest BCUT2D eigenvalue weighted by Gasteiger charge is -2.32. The van der Waals surface area contributed by atoms with E-state index in [0.717, 1.165) is 0 Å². The Hall–Kier alpha value is -2.07. The van der Waals surface area contributed by atoms with Crippen molar-refractivity contribution in [3.05, 3.63) is 0 Å². The van der Waals surface area contributed by atoms with E-state index in [1.807, 2.05) is 0 Å². The van der Waals surface area contributed by atoms with E-state index in [1.165, 1.54) is 0 Å². The van der Waals surface area contributed by atoms with Gasteiger partial charge in [-0.3, -0.25) is 20.3 Å². The van der Waals surface area contributed by atoms with Gasteiger partial charge in [-0.05, 0) is 32.2 Å². The first-order valence-electron chi connectivity index (χ1n) is 11.0. The van der Waals surface area contributed by atoms with Crippen molar-refractivity contribution in [3.63, 3.8) is 0 Å². The number of rotatable bonds is 15. The third kappa shape index (κ3) is 12.7. The molecule has 1 saturated heterocycles. The van der Waals surface area contributed by atoms with E-state index in [4.69, 9.17) is 34.1 Å². The molecule has 4 atom stereocenters. The maximum absolute atomic E-state index is 12.1. The second-order valence-corrected chi connectivity index (χ2v) is 8.02. The number of hydrogen-bond donors (Lipinski definition) is 12. The van der Waals surface area contributed by atoms with Crippen molar-refractivity contribution in [1.29, 1.82) is 5.41 Å². The molecule has 0 saturated carbocycles. The fraction of sp³-hybridized carbons (Fsp3) is 0.833. The number of amides is 2. The Bertz CT molecular complexity index is 568. The van der Waals surface area contributed by atoms with Gasteiger partial charge in [-0.2, -0.15) is 0 Å². The lowest BCUT2D eigenvalue weighted by molar-refractivity contribution is -0.123. The molecule has 0 aromatic carbocycles. The highest BCUT2D eigenvalue weighted by atomic mass is 16.2. The summed E-state index contributed by atoms with van der Waals surface area (Å²) in [6, 6.07) is -1.03. The fourth-order valence-corrected chi connectivity index (χ4v) is 3.16. The summed E-state index contributed by atoms with van der Waals surface area (Å²) in [5, 5.41) is 25.0. The van der Waals surface area contributed by atoms with E-state index in [1.54, 1.807) is 0 Å². The van der Waals surface area contributed by atoms with Gasteiger partial charge in [0.15, 0.2) is 5.96 Å². The predicted molar refractivity (Wildman–Crippen MR) is 124 cm³/mol. The standard InChI is InChI=1S/C18H42N12O2/c19-13(3-1-5-25-17(21)22)15(31)29-9-11-7-28-12(8-27-11)10-30-16(32)14(20)4-2-6-26-18(23)24/h11-14,17,25,27-28H,1-10,19-22H2,(H,29,31)(H,30,32)(H4,23,24,26)/t11-,12-,13+,14+/m1/s1. The van der Waals surface area contributed by atoms with Crippen LogP contribution in [0.2, 0.25) is 0 Å². The SMILES string of the molecule is N=C(N)NCCC[C@H](N)C(=O)NC[C@H]1CN[C@@H](CNC(=O)[C@@H](N)CCCNC(N)N)CN1. The summed E-state index contributed by atoms with van der Waals surface area (Å²) in [7, 11) is 0. The smallest absolute Gasteiger partial charge is 0.236 e. The predicted octanol–water partition coefficient (Wildman–Crippen LogP) is -5.36. The molecule has 1 heterocycles. The van der Waals surface area contributed by atoms with Crippen LogP contribution >= 0.6 is 0 Å². The number of nitrogens with one attached hydrogen (secondary N) is 7. The summed E-state index contributed by atoms with van der Waals surface area (Å²) >= 11 is 0. The van der Waals surface area contributed by atoms with E-state index < -0.39 is 18.4 Å². The van der Waals surface area contributed by atoms with Crippen LogP contribution in [0.25, 0.3) is 0 Å². The highest BCUT2D eigenvalue weighted by Gasteiger charge is 2.22. The summed E-state index contributed by atoms with van der Waals surface area (Å²) in [4.78, 5) is 24.2. The molecule has 14 heteroatoms. The van der Waals surface area contributed by atoms with Crippen molar-refractivity contribution in [2.45, 2.75) is 56.1 Å². The normalized spacial score (nSPS) is 20.4. The van der Waals surface area contributed by atoms with Gasteiger partial charge in [-0.15, -0.1) is 0 Å². The molecular formula is C18H42N12O2. The number of carbonyl (C=O) groups is 2. The number of nitrogens with two attached hydrogens (primary N) is 5. The van der Waals surface area contributed by atoms with Gasteiger partial charge in [0, 0.05) is 44.8 Å². The molecule has 32 heavy (non-hydrogen) atoms. The minimum Gasteiger partial charge on any atom is -0.370 e. The van der Waals surface area contributed by atoms with Crippen LogP contribution in [0.15, 0.2) is 0 Å². The first-order chi connectivity index (χ1) is 15.2. The van der Waals surface area contributed by atoms with Crippen molar-refractivity contribution in [3.8, 4) is 0 Å². The van der Waals surface area contributed by atoms with Crippen LogP contribution in [0, 0.1) is 5.41 Å². The molecule has 0 spiro atoms. The molecule has 0 aliphatic carbocycles.